The van der Waals surface area contributed by atoms with Crippen LogP contribution in [0.3, 0.4) is 0 Å². The van der Waals surface area contributed by atoms with E-state index in [1.54, 1.807) is 0 Å². The molecule has 1 spiro atoms. The predicted octanol–water partition coefficient (Wildman–Crippen LogP) is 1.81. The summed E-state index contributed by atoms with van der Waals surface area (Å²) in [5.74, 6) is 0. The highest BCUT2D eigenvalue weighted by Crippen LogP contribution is 2.33. The molecular formula is C22H14N2Si. The van der Waals surface area contributed by atoms with E-state index in [0.29, 0.717) is 0 Å². The van der Waals surface area contributed by atoms with Crippen LogP contribution in [-0.2, 0) is 0 Å². The lowest BCUT2D eigenvalue weighted by Crippen LogP contribution is -2.70. The Morgan fingerprint density at radius 2 is 0.920 bits per heavy atom. The fourth-order valence-electron chi connectivity index (χ4n) is 4.75. The Bertz CT molecular complexity index is 978. The van der Waals surface area contributed by atoms with Crippen molar-refractivity contribution in [3.05, 3.63) is 85.2 Å². The number of aromatic nitrogens is 2. The molecule has 2 aliphatic heterocycles. The van der Waals surface area contributed by atoms with Gasteiger partial charge in [-0.3, -0.25) is 9.97 Å². The molecule has 2 nitrogen and oxygen atoms in total. The van der Waals surface area contributed by atoms with Crippen LogP contribution >= 0.6 is 0 Å². The first kappa shape index (κ1) is 13.3. The third-order valence-corrected chi connectivity index (χ3v) is 10.5. The zero-order valence-corrected chi connectivity index (χ0v) is 14.5. The molecule has 0 atom stereocenters. The lowest BCUT2D eigenvalue weighted by Gasteiger charge is -2.26. The highest BCUT2D eigenvalue weighted by molar-refractivity contribution is 7.24. The van der Waals surface area contributed by atoms with Gasteiger partial charge in [0.15, 0.2) is 8.07 Å². The van der Waals surface area contributed by atoms with E-state index in [1.165, 1.54) is 31.9 Å². The highest BCUT2D eigenvalue weighted by Gasteiger charge is 2.54. The number of nitrogens with zero attached hydrogens (tertiary/aromatic N) is 2. The molecule has 4 heterocycles. The Labute approximate surface area is 146 Å². The van der Waals surface area contributed by atoms with Gasteiger partial charge >= 0.3 is 0 Å². The van der Waals surface area contributed by atoms with Crippen molar-refractivity contribution in [3.63, 3.8) is 0 Å². The predicted molar refractivity (Wildman–Crippen MR) is 104 cm³/mol. The van der Waals surface area contributed by atoms with Crippen LogP contribution in [0.15, 0.2) is 85.2 Å². The molecule has 2 aromatic heterocycles. The van der Waals surface area contributed by atoms with Crippen LogP contribution in [0.25, 0.3) is 22.5 Å². The first-order valence-electron chi connectivity index (χ1n) is 8.53. The van der Waals surface area contributed by atoms with Gasteiger partial charge in [-0.1, -0.05) is 60.7 Å². The molecular weight excluding hydrogens is 320 g/mol. The minimum atomic E-state index is -2.28. The van der Waals surface area contributed by atoms with Crippen molar-refractivity contribution in [2.24, 2.45) is 0 Å². The Kier molecular flexibility index (Phi) is 2.40. The van der Waals surface area contributed by atoms with E-state index in [0.717, 1.165) is 11.4 Å². The quantitative estimate of drug-likeness (QED) is 0.396. The molecule has 2 aromatic carbocycles. The molecule has 0 N–H and O–H groups in total. The summed E-state index contributed by atoms with van der Waals surface area (Å²) >= 11 is 0. The zero-order chi connectivity index (χ0) is 16.4. The molecule has 0 bridgehead atoms. The number of benzene rings is 2. The lowest BCUT2D eigenvalue weighted by molar-refractivity contribution is 1.35. The van der Waals surface area contributed by atoms with Gasteiger partial charge in [0, 0.05) is 23.5 Å². The summed E-state index contributed by atoms with van der Waals surface area (Å²) in [4.78, 5) is 9.56. The third kappa shape index (κ3) is 1.41. The first-order valence-corrected chi connectivity index (χ1v) is 10.5. The summed E-state index contributed by atoms with van der Waals surface area (Å²) in [6.07, 6.45) is 3.82. The van der Waals surface area contributed by atoms with Gasteiger partial charge in [0.05, 0.1) is 11.4 Å². The molecule has 116 valence electrons. The largest absolute Gasteiger partial charge is 0.256 e. The third-order valence-electron chi connectivity index (χ3n) is 5.60. The van der Waals surface area contributed by atoms with E-state index in [-0.39, 0.29) is 0 Å². The fourth-order valence-corrected chi connectivity index (χ4v) is 10.2. The van der Waals surface area contributed by atoms with Crippen molar-refractivity contribution >= 4 is 28.8 Å². The molecule has 3 heteroatoms. The van der Waals surface area contributed by atoms with Crippen molar-refractivity contribution in [1.82, 2.24) is 9.97 Å². The van der Waals surface area contributed by atoms with Gasteiger partial charge in [0.2, 0.25) is 0 Å². The molecule has 0 saturated carbocycles. The summed E-state index contributed by atoms with van der Waals surface area (Å²) in [5, 5.41) is 5.69. The van der Waals surface area contributed by atoms with E-state index in [1.807, 2.05) is 12.4 Å². The smallest absolute Gasteiger partial charge is 0.185 e. The normalized spacial score (nSPS) is 14.7. The fraction of sp³-hybridized carbons (Fsp3) is 0. The average Bonchev–Trinajstić information content (AvgIpc) is 3.16. The summed E-state index contributed by atoms with van der Waals surface area (Å²) in [5.41, 5.74) is 4.88. The first-order chi connectivity index (χ1) is 12.4. The van der Waals surface area contributed by atoms with Crippen LogP contribution in [0, 0.1) is 0 Å². The van der Waals surface area contributed by atoms with Gasteiger partial charge in [0.1, 0.15) is 0 Å². The van der Waals surface area contributed by atoms with Gasteiger partial charge in [-0.2, -0.15) is 0 Å². The van der Waals surface area contributed by atoms with E-state index in [2.05, 4.69) is 72.8 Å². The zero-order valence-electron chi connectivity index (χ0n) is 13.5. The van der Waals surface area contributed by atoms with Crippen LogP contribution < -0.4 is 20.7 Å². The topological polar surface area (TPSA) is 25.8 Å². The van der Waals surface area contributed by atoms with Crippen LogP contribution in [-0.4, -0.2) is 18.0 Å². The molecule has 0 amide bonds. The molecule has 0 fully saturated rings. The molecule has 0 unspecified atom stereocenters. The summed E-state index contributed by atoms with van der Waals surface area (Å²) < 4.78 is 0. The Hall–Kier alpha value is -3.04. The standard InChI is InChI=1S/C22H14N2Si/c1-3-9-17-15(7-1)21-19(11-5-13-23-21)25(17)18-10-4-2-8-16(18)22-20(25)12-6-14-24-22/h1-14H. The minimum Gasteiger partial charge on any atom is -0.256 e. The van der Waals surface area contributed by atoms with Crippen LogP contribution in [0.1, 0.15) is 0 Å². The monoisotopic (exact) mass is 334 g/mol. The van der Waals surface area contributed by atoms with Crippen molar-refractivity contribution in [2.45, 2.75) is 0 Å². The van der Waals surface area contributed by atoms with Crippen LogP contribution in [0.4, 0.5) is 0 Å². The second-order valence-corrected chi connectivity index (χ2v) is 10.3. The number of hydrogen-bond acceptors (Lipinski definition) is 2. The van der Waals surface area contributed by atoms with Gasteiger partial charge in [0.25, 0.3) is 0 Å². The summed E-state index contributed by atoms with van der Waals surface area (Å²) in [6.45, 7) is 0. The van der Waals surface area contributed by atoms with Crippen LogP contribution in [0.2, 0.25) is 0 Å². The van der Waals surface area contributed by atoms with Crippen molar-refractivity contribution in [3.8, 4) is 22.5 Å². The molecule has 4 aromatic rings. The molecule has 0 aliphatic carbocycles. The maximum Gasteiger partial charge on any atom is 0.185 e. The van der Waals surface area contributed by atoms with Gasteiger partial charge in [-0.25, -0.2) is 0 Å². The molecule has 25 heavy (non-hydrogen) atoms. The maximum absolute atomic E-state index is 4.78. The SMILES string of the molecule is c1ccc2c(c1)-c1ncccc1[Si]21c2ccccc2-c2ncccc21. The molecule has 6 rings (SSSR count). The molecule has 0 saturated heterocycles. The molecule has 2 aliphatic rings. The van der Waals surface area contributed by atoms with Crippen molar-refractivity contribution < 1.29 is 0 Å². The van der Waals surface area contributed by atoms with E-state index >= 15 is 0 Å². The van der Waals surface area contributed by atoms with E-state index in [4.69, 9.17) is 9.97 Å². The molecule has 0 radical (unpaired) electrons. The van der Waals surface area contributed by atoms with Gasteiger partial charge < -0.3 is 0 Å². The highest BCUT2D eigenvalue weighted by atomic mass is 28.3. The number of hydrogen-bond donors (Lipinski definition) is 0. The number of fused-ring (bicyclic) bond motifs is 10. The Balaban J connectivity index is 1.89. The van der Waals surface area contributed by atoms with Gasteiger partial charge in [-0.05, 0) is 32.9 Å². The summed E-state index contributed by atoms with van der Waals surface area (Å²) in [6, 6.07) is 26.4. The number of pyridine rings is 2. The van der Waals surface area contributed by atoms with Crippen LogP contribution in [0.5, 0.6) is 0 Å². The van der Waals surface area contributed by atoms with Crippen molar-refractivity contribution in [2.75, 3.05) is 0 Å². The minimum absolute atomic E-state index is 1.15. The maximum atomic E-state index is 4.78. The Morgan fingerprint density at radius 3 is 1.44 bits per heavy atom. The second-order valence-electron chi connectivity index (χ2n) is 6.64. The second kappa shape index (κ2) is 4.52. The Morgan fingerprint density at radius 1 is 0.480 bits per heavy atom. The van der Waals surface area contributed by atoms with E-state index < -0.39 is 8.07 Å². The summed E-state index contributed by atoms with van der Waals surface area (Å²) in [7, 11) is -2.28. The van der Waals surface area contributed by atoms with Gasteiger partial charge in [-0.15, -0.1) is 0 Å². The average molecular weight is 334 g/mol. The van der Waals surface area contributed by atoms with E-state index in [9.17, 15) is 0 Å². The lowest BCUT2D eigenvalue weighted by atomic mass is 10.1. The number of rotatable bonds is 0. The van der Waals surface area contributed by atoms with Crippen molar-refractivity contribution in [1.29, 1.82) is 0 Å².